The minimum atomic E-state index is 0. The lowest BCUT2D eigenvalue weighted by Gasteiger charge is -2.28. The summed E-state index contributed by atoms with van der Waals surface area (Å²) >= 11 is 0. The van der Waals surface area contributed by atoms with Gasteiger partial charge in [-0.3, -0.25) is 4.79 Å². The fraction of sp³-hybridized carbons (Fsp3) is 0.667. The Morgan fingerprint density at radius 2 is 2.00 bits per heavy atom. The Kier molecular flexibility index (Phi) is 10.6. The van der Waals surface area contributed by atoms with Gasteiger partial charge in [0.05, 0.1) is 13.7 Å². The first kappa shape index (κ1) is 23.6. The Balaban J connectivity index is 0.00000364. The maximum atomic E-state index is 13.1. The Morgan fingerprint density at radius 1 is 1.22 bits per heavy atom. The number of halogens is 1. The van der Waals surface area contributed by atoms with Crippen LogP contribution in [0.4, 0.5) is 0 Å². The van der Waals surface area contributed by atoms with Gasteiger partial charge in [-0.1, -0.05) is 26.3 Å². The van der Waals surface area contributed by atoms with Crippen LogP contribution in [0, 0.1) is 11.8 Å². The molecule has 1 saturated carbocycles. The summed E-state index contributed by atoms with van der Waals surface area (Å²) in [7, 11) is 1.65. The van der Waals surface area contributed by atoms with Gasteiger partial charge in [-0.2, -0.15) is 0 Å². The molecular formula is C21H35ClN2O3. The molecule has 0 aromatic heterocycles. The van der Waals surface area contributed by atoms with E-state index in [-0.39, 0.29) is 24.2 Å². The number of amides is 1. The van der Waals surface area contributed by atoms with Crippen LogP contribution in [-0.2, 0) is 11.3 Å². The first-order valence-electron chi connectivity index (χ1n) is 9.93. The fourth-order valence-corrected chi connectivity index (χ4v) is 3.78. The van der Waals surface area contributed by atoms with E-state index in [1.165, 1.54) is 0 Å². The minimum Gasteiger partial charge on any atom is -0.493 e. The average Bonchev–Trinajstić information content (AvgIpc) is 3.14. The lowest BCUT2D eigenvalue weighted by molar-refractivity contribution is -0.137. The van der Waals surface area contributed by atoms with Crippen LogP contribution in [0.3, 0.4) is 0 Å². The highest BCUT2D eigenvalue weighted by Gasteiger charge is 2.34. The van der Waals surface area contributed by atoms with Crippen molar-refractivity contribution < 1.29 is 14.3 Å². The zero-order valence-electron chi connectivity index (χ0n) is 16.9. The Morgan fingerprint density at radius 3 is 2.63 bits per heavy atom. The van der Waals surface area contributed by atoms with Crippen molar-refractivity contribution >= 4 is 18.3 Å². The van der Waals surface area contributed by atoms with E-state index in [1.807, 2.05) is 23.1 Å². The van der Waals surface area contributed by atoms with Crippen LogP contribution < -0.4 is 15.2 Å². The van der Waals surface area contributed by atoms with E-state index in [9.17, 15) is 4.79 Å². The first-order chi connectivity index (χ1) is 12.6. The van der Waals surface area contributed by atoms with Crippen molar-refractivity contribution in [1.82, 2.24) is 4.90 Å². The third-order valence-electron chi connectivity index (χ3n) is 5.15. The van der Waals surface area contributed by atoms with Gasteiger partial charge in [-0.05, 0) is 55.8 Å². The van der Waals surface area contributed by atoms with Crippen molar-refractivity contribution in [1.29, 1.82) is 0 Å². The second kappa shape index (κ2) is 12.1. The molecule has 1 fully saturated rings. The van der Waals surface area contributed by atoms with Crippen LogP contribution in [-0.4, -0.2) is 37.6 Å². The predicted molar refractivity (Wildman–Crippen MR) is 112 cm³/mol. The molecule has 1 aliphatic rings. The molecule has 2 N–H and O–H groups in total. The number of nitrogens with two attached hydrogens (primary N) is 1. The fourth-order valence-electron chi connectivity index (χ4n) is 3.78. The number of nitrogens with zero attached hydrogens (tertiary/aromatic N) is 1. The highest BCUT2D eigenvalue weighted by atomic mass is 35.5. The third kappa shape index (κ3) is 6.28. The molecule has 27 heavy (non-hydrogen) atoms. The summed E-state index contributed by atoms with van der Waals surface area (Å²) in [4.78, 5) is 15.1. The summed E-state index contributed by atoms with van der Waals surface area (Å²) in [5.41, 5.74) is 6.95. The van der Waals surface area contributed by atoms with Gasteiger partial charge in [0, 0.05) is 19.0 Å². The van der Waals surface area contributed by atoms with Gasteiger partial charge in [0.2, 0.25) is 5.91 Å². The largest absolute Gasteiger partial charge is 0.493 e. The Hall–Kier alpha value is -1.46. The number of carbonyl (C=O) groups excluding carboxylic acids is 1. The number of hydrogen-bond acceptors (Lipinski definition) is 4. The van der Waals surface area contributed by atoms with Gasteiger partial charge in [-0.15, -0.1) is 12.4 Å². The molecule has 0 aliphatic heterocycles. The molecule has 5 nitrogen and oxygen atoms in total. The summed E-state index contributed by atoms with van der Waals surface area (Å²) in [5, 5.41) is 0. The quantitative estimate of drug-likeness (QED) is 0.646. The van der Waals surface area contributed by atoms with E-state index in [0.717, 1.165) is 55.7 Å². The molecular weight excluding hydrogens is 364 g/mol. The van der Waals surface area contributed by atoms with E-state index < -0.39 is 0 Å². The number of benzene rings is 1. The molecule has 0 bridgehead atoms. The Labute approximate surface area is 170 Å². The van der Waals surface area contributed by atoms with Crippen molar-refractivity contribution in [2.75, 3.05) is 26.8 Å². The van der Waals surface area contributed by atoms with Crippen molar-refractivity contribution in [2.45, 2.75) is 52.5 Å². The lowest BCUT2D eigenvalue weighted by atomic mass is 9.94. The molecule has 6 heteroatoms. The minimum absolute atomic E-state index is 0. The molecule has 1 aliphatic carbocycles. The molecule has 0 unspecified atom stereocenters. The molecule has 0 saturated heterocycles. The van der Waals surface area contributed by atoms with E-state index in [1.54, 1.807) is 7.11 Å². The first-order valence-corrected chi connectivity index (χ1v) is 9.93. The Bertz CT molecular complexity index is 583. The highest BCUT2D eigenvalue weighted by molar-refractivity contribution is 5.85. The zero-order chi connectivity index (χ0) is 18.9. The van der Waals surface area contributed by atoms with Crippen LogP contribution >= 0.6 is 12.4 Å². The number of ether oxygens (including phenoxy) is 2. The van der Waals surface area contributed by atoms with Gasteiger partial charge in [0.25, 0.3) is 0 Å². The molecule has 2 rings (SSSR count). The van der Waals surface area contributed by atoms with Gasteiger partial charge < -0.3 is 20.1 Å². The summed E-state index contributed by atoms with van der Waals surface area (Å²) in [6.45, 7) is 6.82. The molecule has 1 aromatic rings. The van der Waals surface area contributed by atoms with Gasteiger partial charge in [0.15, 0.2) is 11.5 Å². The van der Waals surface area contributed by atoms with Gasteiger partial charge >= 0.3 is 0 Å². The maximum absolute atomic E-state index is 13.1. The second-order valence-corrected chi connectivity index (χ2v) is 7.13. The number of rotatable bonds is 10. The predicted octanol–water partition coefficient (Wildman–Crippen LogP) is 4.02. The SMILES string of the molecule is CCCOc1ccc(CN(CCC)C(=O)[C@@H]2CCC[C@@H]2CN)cc1OC.Cl. The van der Waals surface area contributed by atoms with Crippen molar-refractivity contribution in [3.05, 3.63) is 23.8 Å². The van der Waals surface area contributed by atoms with Crippen LogP contribution in [0.1, 0.15) is 51.5 Å². The molecule has 1 amide bonds. The molecule has 0 heterocycles. The summed E-state index contributed by atoms with van der Waals surface area (Å²) in [6.07, 6.45) is 5.04. The van der Waals surface area contributed by atoms with Gasteiger partial charge in [-0.25, -0.2) is 0 Å². The van der Waals surface area contributed by atoms with E-state index in [2.05, 4.69) is 13.8 Å². The summed E-state index contributed by atoms with van der Waals surface area (Å²) < 4.78 is 11.2. The second-order valence-electron chi connectivity index (χ2n) is 7.13. The molecule has 2 atom stereocenters. The molecule has 0 spiro atoms. The van der Waals surface area contributed by atoms with E-state index >= 15 is 0 Å². The lowest BCUT2D eigenvalue weighted by Crippen LogP contribution is -2.39. The number of carbonyl (C=O) groups is 1. The monoisotopic (exact) mass is 398 g/mol. The summed E-state index contributed by atoms with van der Waals surface area (Å²) in [6, 6.07) is 5.95. The van der Waals surface area contributed by atoms with E-state index in [4.69, 9.17) is 15.2 Å². The highest BCUT2D eigenvalue weighted by Crippen LogP contribution is 2.33. The maximum Gasteiger partial charge on any atom is 0.226 e. The molecule has 154 valence electrons. The third-order valence-corrected chi connectivity index (χ3v) is 5.15. The smallest absolute Gasteiger partial charge is 0.226 e. The van der Waals surface area contributed by atoms with Crippen molar-refractivity contribution in [3.8, 4) is 11.5 Å². The molecule has 1 aromatic carbocycles. The molecule has 0 radical (unpaired) electrons. The normalized spacial score (nSPS) is 18.7. The average molecular weight is 399 g/mol. The van der Waals surface area contributed by atoms with Crippen LogP contribution in [0.5, 0.6) is 11.5 Å². The van der Waals surface area contributed by atoms with Crippen molar-refractivity contribution in [3.63, 3.8) is 0 Å². The van der Waals surface area contributed by atoms with Crippen LogP contribution in [0.15, 0.2) is 18.2 Å². The van der Waals surface area contributed by atoms with Gasteiger partial charge in [0.1, 0.15) is 0 Å². The van der Waals surface area contributed by atoms with Crippen LogP contribution in [0.25, 0.3) is 0 Å². The zero-order valence-corrected chi connectivity index (χ0v) is 17.7. The van der Waals surface area contributed by atoms with Crippen LogP contribution in [0.2, 0.25) is 0 Å². The standard InChI is InChI=1S/C21H34N2O3.ClH/c1-4-11-23(21(24)18-8-6-7-17(18)14-22)15-16-9-10-19(26-12-5-2)20(13-16)25-3;/h9-10,13,17-18H,4-8,11-12,14-15,22H2,1-3H3;1H/t17-,18-;/m1./s1. The summed E-state index contributed by atoms with van der Waals surface area (Å²) in [5.74, 6) is 2.15. The number of methoxy groups -OCH3 is 1. The number of hydrogen-bond donors (Lipinski definition) is 1. The van der Waals surface area contributed by atoms with E-state index in [0.29, 0.717) is 25.6 Å². The van der Waals surface area contributed by atoms with Crippen molar-refractivity contribution in [2.24, 2.45) is 17.6 Å². The topological polar surface area (TPSA) is 64.8 Å².